The maximum atomic E-state index is 11.4. The Morgan fingerprint density at radius 2 is 2.06 bits per heavy atom. The molecule has 0 aliphatic rings. The summed E-state index contributed by atoms with van der Waals surface area (Å²) in [6.07, 6.45) is 0.849. The summed E-state index contributed by atoms with van der Waals surface area (Å²) in [5.41, 5.74) is 1.25. The molecular weight excluding hydrogens is 220 g/mol. The molecule has 3 N–H and O–H groups in total. The molecule has 0 aliphatic carbocycles. The normalized spacial score (nSPS) is 9.76. The van der Waals surface area contributed by atoms with E-state index < -0.39 is 5.97 Å². The molecule has 0 aliphatic heterocycles. The van der Waals surface area contributed by atoms with E-state index in [1.54, 1.807) is 19.1 Å². The SMILES string of the molecule is CCCNC(=O)Nc1cccc(C(=O)O)c1C. The Kier molecular flexibility index (Phi) is 4.51. The minimum Gasteiger partial charge on any atom is -0.478 e. The largest absolute Gasteiger partial charge is 0.478 e. The van der Waals surface area contributed by atoms with Crippen LogP contribution in [-0.4, -0.2) is 23.7 Å². The van der Waals surface area contributed by atoms with E-state index in [9.17, 15) is 9.59 Å². The minimum atomic E-state index is -1.000. The van der Waals surface area contributed by atoms with Crippen LogP contribution in [0.3, 0.4) is 0 Å². The monoisotopic (exact) mass is 236 g/mol. The van der Waals surface area contributed by atoms with Gasteiger partial charge in [0, 0.05) is 12.2 Å². The quantitative estimate of drug-likeness (QED) is 0.750. The first-order valence-electron chi connectivity index (χ1n) is 5.44. The molecule has 0 radical (unpaired) electrons. The van der Waals surface area contributed by atoms with Crippen LogP contribution in [0.4, 0.5) is 10.5 Å². The number of aromatic carboxylic acids is 1. The van der Waals surface area contributed by atoms with Crippen molar-refractivity contribution in [2.45, 2.75) is 20.3 Å². The number of hydrogen-bond acceptors (Lipinski definition) is 2. The molecule has 5 nitrogen and oxygen atoms in total. The van der Waals surface area contributed by atoms with Crippen LogP contribution in [0, 0.1) is 6.92 Å². The van der Waals surface area contributed by atoms with E-state index in [0.717, 1.165) is 6.42 Å². The number of anilines is 1. The molecule has 0 heterocycles. The third kappa shape index (κ3) is 3.48. The van der Waals surface area contributed by atoms with Crippen molar-refractivity contribution >= 4 is 17.7 Å². The molecule has 0 saturated heterocycles. The molecule has 0 saturated carbocycles. The van der Waals surface area contributed by atoms with Gasteiger partial charge in [0.2, 0.25) is 0 Å². The number of carbonyl (C=O) groups is 2. The molecule has 17 heavy (non-hydrogen) atoms. The fraction of sp³-hybridized carbons (Fsp3) is 0.333. The van der Waals surface area contributed by atoms with Crippen molar-refractivity contribution < 1.29 is 14.7 Å². The number of carboxylic acids is 1. The van der Waals surface area contributed by atoms with Crippen LogP contribution in [0.5, 0.6) is 0 Å². The first-order valence-corrected chi connectivity index (χ1v) is 5.44. The van der Waals surface area contributed by atoms with Gasteiger partial charge in [0.15, 0.2) is 0 Å². The van der Waals surface area contributed by atoms with Crippen LogP contribution in [0.15, 0.2) is 18.2 Å². The van der Waals surface area contributed by atoms with Crippen molar-refractivity contribution in [3.8, 4) is 0 Å². The number of amides is 2. The molecule has 0 spiro atoms. The first kappa shape index (κ1) is 13.0. The predicted molar refractivity (Wildman–Crippen MR) is 65.5 cm³/mol. The van der Waals surface area contributed by atoms with Gasteiger partial charge in [-0.3, -0.25) is 0 Å². The Morgan fingerprint density at radius 3 is 2.65 bits per heavy atom. The molecule has 1 aromatic carbocycles. The summed E-state index contributed by atoms with van der Waals surface area (Å²) < 4.78 is 0. The highest BCUT2D eigenvalue weighted by Gasteiger charge is 2.11. The lowest BCUT2D eigenvalue weighted by molar-refractivity contribution is 0.0696. The third-order valence-corrected chi connectivity index (χ3v) is 2.35. The summed E-state index contributed by atoms with van der Waals surface area (Å²) in [4.78, 5) is 22.3. The number of urea groups is 1. The zero-order valence-electron chi connectivity index (χ0n) is 9.91. The zero-order chi connectivity index (χ0) is 12.8. The molecule has 5 heteroatoms. The van der Waals surface area contributed by atoms with E-state index in [4.69, 9.17) is 5.11 Å². The number of rotatable bonds is 4. The molecule has 1 rings (SSSR count). The average molecular weight is 236 g/mol. The highest BCUT2D eigenvalue weighted by molar-refractivity contribution is 5.95. The predicted octanol–water partition coefficient (Wildman–Crippen LogP) is 2.22. The van der Waals surface area contributed by atoms with Crippen LogP contribution in [0.2, 0.25) is 0 Å². The smallest absolute Gasteiger partial charge is 0.336 e. The number of benzene rings is 1. The molecular formula is C12H16N2O3. The van der Waals surface area contributed by atoms with Crippen LogP contribution >= 0.6 is 0 Å². The third-order valence-electron chi connectivity index (χ3n) is 2.35. The highest BCUT2D eigenvalue weighted by atomic mass is 16.4. The van der Waals surface area contributed by atoms with E-state index in [-0.39, 0.29) is 11.6 Å². The minimum absolute atomic E-state index is 0.193. The van der Waals surface area contributed by atoms with Gasteiger partial charge < -0.3 is 15.7 Å². The molecule has 92 valence electrons. The first-order chi connectivity index (χ1) is 8.06. The lowest BCUT2D eigenvalue weighted by Gasteiger charge is -2.10. The molecule has 0 aromatic heterocycles. The van der Waals surface area contributed by atoms with Gasteiger partial charge in [-0.1, -0.05) is 13.0 Å². The van der Waals surface area contributed by atoms with Crippen LogP contribution in [0.25, 0.3) is 0 Å². The topological polar surface area (TPSA) is 78.4 Å². The number of carbonyl (C=O) groups excluding carboxylic acids is 1. The van der Waals surface area contributed by atoms with E-state index in [0.29, 0.717) is 17.8 Å². The molecule has 0 fully saturated rings. The summed E-state index contributed by atoms with van der Waals surface area (Å²) in [6, 6.07) is 4.46. The second-order valence-corrected chi connectivity index (χ2v) is 3.66. The van der Waals surface area contributed by atoms with E-state index >= 15 is 0 Å². The maximum Gasteiger partial charge on any atom is 0.336 e. The molecule has 0 unspecified atom stereocenters. The number of carboxylic acid groups (broad SMARTS) is 1. The van der Waals surface area contributed by atoms with Gasteiger partial charge in [0.05, 0.1) is 5.56 Å². The van der Waals surface area contributed by atoms with Gasteiger partial charge in [-0.05, 0) is 31.0 Å². The molecule has 1 aromatic rings. The highest BCUT2D eigenvalue weighted by Crippen LogP contribution is 2.18. The lowest BCUT2D eigenvalue weighted by atomic mass is 10.1. The molecule has 0 atom stereocenters. The van der Waals surface area contributed by atoms with Crippen LogP contribution in [0.1, 0.15) is 29.3 Å². The van der Waals surface area contributed by atoms with Gasteiger partial charge >= 0.3 is 12.0 Å². The van der Waals surface area contributed by atoms with Gasteiger partial charge in [0.25, 0.3) is 0 Å². The van der Waals surface area contributed by atoms with E-state index in [2.05, 4.69) is 10.6 Å². The lowest BCUT2D eigenvalue weighted by Crippen LogP contribution is -2.29. The van der Waals surface area contributed by atoms with Gasteiger partial charge in [-0.15, -0.1) is 0 Å². The Bertz CT molecular complexity index is 430. The summed E-state index contributed by atoms with van der Waals surface area (Å²) in [7, 11) is 0. The Balaban J connectivity index is 2.81. The zero-order valence-corrected chi connectivity index (χ0v) is 9.91. The summed E-state index contributed by atoms with van der Waals surface area (Å²) in [5.74, 6) is -1.000. The Labute approximate surface area is 99.8 Å². The molecule has 0 bridgehead atoms. The second-order valence-electron chi connectivity index (χ2n) is 3.66. The Morgan fingerprint density at radius 1 is 1.35 bits per heavy atom. The second kappa shape index (κ2) is 5.89. The Hall–Kier alpha value is -2.04. The van der Waals surface area contributed by atoms with E-state index in [1.807, 2.05) is 6.92 Å². The fourth-order valence-electron chi connectivity index (χ4n) is 1.41. The van der Waals surface area contributed by atoms with Crippen molar-refractivity contribution in [2.75, 3.05) is 11.9 Å². The molecule has 2 amide bonds. The van der Waals surface area contributed by atoms with Crippen molar-refractivity contribution in [2.24, 2.45) is 0 Å². The van der Waals surface area contributed by atoms with Crippen molar-refractivity contribution in [1.29, 1.82) is 0 Å². The van der Waals surface area contributed by atoms with Crippen molar-refractivity contribution in [1.82, 2.24) is 5.32 Å². The van der Waals surface area contributed by atoms with Crippen LogP contribution < -0.4 is 10.6 Å². The standard InChI is InChI=1S/C12H16N2O3/c1-3-7-13-12(17)14-10-6-4-5-9(8(10)2)11(15)16/h4-6H,3,7H2,1-2H3,(H,15,16)(H2,13,14,17). The summed E-state index contributed by atoms with van der Waals surface area (Å²) in [6.45, 7) is 4.21. The number of nitrogens with one attached hydrogen (secondary N) is 2. The average Bonchev–Trinajstić information content (AvgIpc) is 2.28. The van der Waals surface area contributed by atoms with Gasteiger partial charge in [0.1, 0.15) is 0 Å². The van der Waals surface area contributed by atoms with Gasteiger partial charge in [-0.25, -0.2) is 9.59 Å². The van der Waals surface area contributed by atoms with Crippen molar-refractivity contribution in [3.63, 3.8) is 0 Å². The maximum absolute atomic E-state index is 11.4. The van der Waals surface area contributed by atoms with Crippen molar-refractivity contribution in [3.05, 3.63) is 29.3 Å². The summed E-state index contributed by atoms with van der Waals surface area (Å²) in [5, 5.41) is 14.2. The number of hydrogen-bond donors (Lipinski definition) is 3. The van der Waals surface area contributed by atoms with E-state index in [1.165, 1.54) is 6.07 Å². The van der Waals surface area contributed by atoms with Gasteiger partial charge in [-0.2, -0.15) is 0 Å². The fourth-order valence-corrected chi connectivity index (χ4v) is 1.41. The summed E-state index contributed by atoms with van der Waals surface area (Å²) >= 11 is 0. The van der Waals surface area contributed by atoms with Crippen LogP contribution in [-0.2, 0) is 0 Å².